The van der Waals surface area contributed by atoms with Crippen LogP contribution >= 0.6 is 12.2 Å². The lowest BCUT2D eigenvalue weighted by Crippen LogP contribution is -2.42. The summed E-state index contributed by atoms with van der Waals surface area (Å²) < 4.78 is 15.8. The molecule has 1 amide bonds. The Morgan fingerprint density at radius 2 is 1.48 bits per heavy atom. The van der Waals surface area contributed by atoms with E-state index in [1.54, 1.807) is 0 Å². The fourth-order valence-corrected chi connectivity index (χ4v) is 1.62. The Morgan fingerprint density at radius 1 is 0.913 bits per heavy atom. The molecule has 0 aromatic heterocycles. The number of nitrogens with one attached hydrogen (secondary N) is 3. The summed E-state index contributed by atoms with van der Waals surface area (Å²) in [7, 11) is 0. The van der Waals surface area contributed by atoms with E-state index in [0.717, 1.165) is 13.0 Å². The molecule has 0 atom stereocenters. The molecule has 0 aromatic carbocycles. The minimum atomic E-state index is -0.490. The van der Waals surface area contributed by atoms with Crippen LogP contribution in [0.25, 0.3) is 0 Å². The van der Waals surface area contributed by atoms with E-state index in [4.69, 9.17) is 26.4 Å². The third kappa shape index (κ3) is 17.1. The summed E-state index contributed by atoms with van der Waals surface area (Å²) in [6.07, 6.45) is 0.585. The van der Waals surface area contributed by atoms with Crippen LogP contribution in [0.15, 0.2) is 0 Å². The second-order valence-electron chi connectivity index (χ2n) is 5.84. The van der Waals surface area contributed by atoms with Gasteiger partial charge in [0.2, 0.25) is 0 Å². The zero-order valence-corrected chi connectivity index (χ0v) is 15.5. The summed E-state index contributed by atoms with van der Waals surface area (Å²) in [6, 6.07) is 0. The van der Waals surface area contributed by atoms with Crippen molar-refractivity contribution in [2.24, 2.45) is 0 Å². The molecule has 23 heavy (non-hydrogen) atoms. The molecule has 0 saturated heterocycles. The van der Waals surface area contributed by atoms with Gasteiger partial charge in [-0.1, -0.05) is 6.92 Å². The minimum Gasteiger partial charge on any atom is -0.444 e. The lowest BCUT2D eigenvalue weighted by atomic mass is 10.2. The second kappa shape index (κ2) is 13.3. The average Bonchev–Trinajstić information content (AvgIpc) is 2.44. The van der Waals surface area contributed by atoms with E-state index in [9.17, 15) is 4.79 Å². The standard InChI is InChI=1S/C15H31N3O4S/c1-5-9-20-11-12-21-10-8-17-13(23)16-6-7-18-14(19)22-15(2,3)4/h5-12H2,1-4H3,(H,18,19)(H2,16,17,23). The second-order valence-corrected chi connectivity index (χ2v) is 6.24. The predicted octanol–water partition coefficient (Wildman–Crippen LogP) is 1.42. The van der Waals surface area contributed by atoms with Gasteiger partial charge in [0, 0.05) is 26.2 Å². The minimum absolute atomic E-state index is 0.433. The monoisotopic (exact) mass is 349 g/mol. The molecule has 0 spiro atoms. The number of hydrogen-bond acceptors (Lipinski definition) is 5. The van der Waals surface area contributed by atoms with Crippen LogP contribution in [0.1, 0.15) is 34.1 Å². The molecule has 0 rings (SSSR count). The van der Waals surface area contributed by atoms with Gasteiger partial charge in [0.15, 0.2) is 5.11 Å². The van der Waals surface area contributed by atoms with E-state index in [-0.39, 0.29) is 0 Å². The molecule has 7 nitrogen and oxygen atoms in total. The van der Waals surface area contributed by atoms with E-state index in [1.165, 1.54) is 0 Å². The first kappa shape index (κ1) is 21.9. The van der Waals surface area contributed by atoms with Crippen molar-refractivity contribution in [3.63, 3.8) is 0 Å². The number of carbonyl (C=O) groups is 1. The Morgan fingerprint density at radius 3 is 2.09 bits per heavy atom. The van der Waals surface area contributed by atoms with Crippen molar-refractivity contribution in [2.75, 3.05) is 46.1 Å². The van der Waals surface area contributed by atoms with Crippen LogP contribution in [0.5, 0.6) is 0 Å². The fourth-order valence-electron chi connectivity index (χ4n) is 1.42. The van der Waals surface area contributed by atoms with Crippen LogP contribution in [-0.4, -0.2) is 62.9 Å². The van der Waals surface area contributed by atoms with Crippen molar-refractivity contribution >= 4 is 23.4 Å². The molecule has 0 aliphatic rings. The molecule has 0 aromatic rings. The third-order valence-electron chi connectivity index (χ3n) is 2.33. The molecule has 136 valence electrons. The van der Waals surface area contributed by atoms with E-state index in [2.05, 4.69) is 22.9 Å². The van der Waals surface area contributed by atoms with Crippen LogP contribution < -0.4 is 16.0 Å². The highest BCUT2D eigenvalue weighted by Crippen LogP contribution is 2.05. The molecule has 0 aliphatic carbocycles. The smallest absolute Gasteiger partial charge is 0.407 e. The first-order chi connectivity index (χ1) is 10.8. The van der Waals surface area contributed by atoms with Gasteiger partial charge >= 0.3 is 6.09 Å². The van der Waals surface area contributed by atoms with Crippen molar-refractivity contribution in [1.29, 1.82) is 0 Å². The van der Waals surface area contributed by atoms with E-state index in [0.29, 0.717) is 44.6 Å². The van der Waals surface area contributed by atoms with Gasteiger partial charge in [-0.15, -0.1) is 0 Å². The maximum atomic E-state index is 11.4. The van der Waals surface area contributed by atoms with Gasteiger partial charge in [-0.2, -0.15) is 0 Å². The number of ether oxygens (including phenoxy) is 3. The van der Waals surface area contributed by atoms with Crippen molar-refractivity contribution in [1.82, 2.24) is 16.0 Å². The molecule has 0 saturated carbocycles. The van der Waals surface area contributed by atoms with Crippen LogP contribution in [-0.2, 0) is 14.2 Å². The lowest BCUT2D eigenvalue weighted by molar-refractivity contribution is 0.0500. The number of hydrogen-bond donors (Lipinski definition) is 3. The maximum Gasteiger partial charge on any atom is 0.407 e. The van der Waals surface area contributed by atoms with Gasteiger partial charge in [0.05, 0.1) is 19.8 Å². The van der Waals surface area contributed by atoms with Gasteiger partial charge in [-0.05, 0) is 39.4 Å². The molecule has 0 fully saturated rings. The highest BCUT2D eigenvalue weighted by molar-refractivity contribution is 7.80. The van der Waals surface area contributed by atoms with Crippen molar-refractivity contribution in [3.8, 4) is 0 Å². The Balaban J connectivity index is 3.39. The highest BCUT2D eigenvalue weighted by atomic mass is 32.1. The SMILES string of the molecule is CCCOCCOCCNC(=S)NCCNC(=O)OC(C)(C)C. The van der Waals surface area contributed by atoms with Crippen molar-refractivity contribution in [2.45, 2.75) is 39.7 Å². The highest BCUT2D eigenvalue weighted by Gasteiger charge is 2.15. The normalized spacial score (nSPS) is 11.0. The summed E-state index contributed by atoms with van der Waals surface area (Å²) in [4.78, 5) is 11.4. The fraction of sp³-hybridized carbons (Fsp3) is 0.867. The lowest BCUT2D eigenvalue weighted by Gasteiger charge is -2.19. The van der Waals surface area contributed by atoms with Gasteiger partial charge in [0.1, 0.15) is 5.60 Å². The Labute approximate surface area is 144 Å². The number of amides is 1. The Bertz CT molecular complexity index is 335. The van der Waals surface area contributed by atoms with Gasteiger partial charge in [0.25, 0.3) is 0 Å². The first-order valence-electron chi connectivity index (χ1n) is 7.99. The van der Waals surface area contributed by atoms with Crippen LogP contribution in [0.2, 0.25) is 0 Å². The molecule has 0 aliphatic heterocycles. The number of alkyl carbamates (subject to hydrolysis) is 1. The predicted molar refractivity (Wildman–Crippen MR) is 94.8 cm³/mol. The number of rotatable bonds is 11. The van der Waals surface area contributed by atoms with Gasteiger partial charge in [-0.3, -0.25) is 0 Å². The van der Waals surface area contributed by atoms with Gasteiger partial charge in [-0.25, -0.2) is 4.79 Å². The van der Waals surface area contributed by atoms with Crippen molar-refractivity contribution < 1.29 is 19.0 Å². The molecule has 0 unspecified atom stereocenters. The van der Waals surface area contributed by atoms with E-state index < -0.39 is 11.7 Å². The zero-order valence-electron chi connectivity index (χ0n) is 14.7. The van der Waals surface area contributed by atoms with Gasteiger partial charge < -0.3 is 30.2 Å². The summed E-state index contributed by atoms with van der Waals surface area (Å²) >= 11 is 5.11. The number of carbonyl (C=O) groups excluding carboxylic acids is 1. The topological polar surface area (TPSA) is 80.9 Å². The maximum absolute atomic E-state index is 11.4. The molecular formula is C15H31N3O4S. The summed E-state index contributed by atoms with van der Waals surface area (Å²) in [5.74, 6) is 0. The Hall–Kier alpha value is -1.12. The van der Waals surface area contributed by atoms with Crippen molar-refractivity contribution in [3.05, 3.63) is 0 Å². The van der Waals surface area contributed by atoms with Crippen LogP contribution in [0.4, 0.5) is 4.79 Å². The summed E-state index contributed by atoms with van der Waals surface area (Å²) in [5.41, 5.74) is -0.490. The van der Waals surface area contributed by atoms with E-state index >= 15 is 0 Å². The Kier molecular flexibility index (Phi) is 12.7. The summed E-state index contributed by atoms with van der Waals surface area (Å²) in [5, 5.41) is 9.19. The molecule has 0 heterocycles. The molecule has 8 heteroatoms. The molecule has 0 bridgehead atoms. The van der Waals surface area contributed by atoms with Crippen LogP contribution in [0, 0.1) is 0 Å². The third-order valence-corrected chi connectivity index (χ3v) is 2.62. The number of thiocarbonyl (C=S) groups is 1. The van der Waals surface area contributed by atoms with Crippen LogP contribution in [0.3, 0.4) is 0 Å². The molecule has 3 N–H and O–H groups in total. The quantitative estimate of drug-likeness (QED) is 0.384. The summed E-state index contributed by atoms with van der Waals surface area (Å²) in [6.45, 7) is 11.7. The zero-order chi connectivity index (χ0) is 17.6. The first-order valence-corrected chi connectivity index (χ1v) is 8.40. The molecule has 0 radical (unpaired) electrons. The van der Waals surface area contributed by atoms with E-state index in [1.807, 2.05) is 20.8 Å². The largest absolute Gasteiger partial charge is 0.444 e. The molecular weight excluding hydrogens is 318 g/mol. The average molecular weight is 349 g/mol.